The first-order valence-corrected chi connectivity index (χ1v) is 11.3. The number of rotatable bonds is 3. The monoisotopic (exact) mass is 417 g/mol. The summed E-state index contributed by atoms with van der Waals surface area (Å²) in [6.07, 6.45) is 3.38. The number of nitrogens with zero attached hydrogens (tertiary/aromatic N) is 5. The van der Waals surface area contributed by atoms with Crippen LogP contribution in [-0.2, 0) is 14.3 Å². The van der Waals surface area contributed by atoms with Gasteiger partial charge in [-0.25, -0.2) is 0 Å². The molecule has 0 unspecified atom stereocenters. The predicted molar refractivity (Wildman–Crippen MR) is 108 cm³/mol. The number of hydrogen-bond acceptors (Lipinski definition) is 7. The van der Waals surface area contributed by atoms with Crippen molar-refractivity contribution in [2.24, 2.45) is 11.8 Å². The van der Waals surface area contributed by atoms with Crippen molar-refractivity contribution in [3.05, 3.63) is 5.82 Å². The fraction of sp³-hybridized carbons (Fsp3) is 0.810. The minimum atomic E-state index is -0.396. The van der Waals surface area contributed by atoms with Crippen molar-refractivity contribution in [2.45, 2.75) is 57.5 Å². The molecule has 0 saturated carbocycles. The highest BCUT2D eigenvalue weighted by molar-refractivity contribution is 5.89. The number of carbonyl (C=O) groups excluding carboxylic acids is 2. The van der Waals surface area contributed by atoms with Crippen molar-refractivity contribution < 1.29 is 18.8 Å². The highest BCUT2D eigenvalue weighted by Gasteiger charge is 2.53. The van der Waals surface area contributed by atoms with E-state index in [0.29, 0.717) is 57.0 Å². The molecule has 2 amide bonds. The van der Waals surface area contributed by atoms with Crippen molar-refractivity contribution in [2.75, 3.05) is 44.3 Å². The summed E-state index contributed by atoms with van der Waals surface area (Å²) in [7, 11) is 0. The number of piperidine rings is 3. The number of amides is 2. The molecule has 0 spiro atoms. The van der Waals surface area contributed by atoms with Gasteiger partial charge >= 0.3 is 6.01 Å². The summed E-state index contributed by atoms with van der Waals surface area (Å²) < 4.78 is 11.0. The molecular formula is C21H31N5O4. The lowest BCUT2D eigenvalue weighted by Crippen LogP contribution is -2.69. The van der Waals surface area contributed by atoms with Gasteiger partial charge in [0.25, 0.3) is 0 Å². The van der Waals surface area contributed by atoms with E-state index in [9.17, 15) is 9.59 Å². The molecule has 164 valence electrons. The molecule has 4 atom stereocenters. The van der Waals surface area contributed by atoms with Gasteiger partial charge in [0.1, 0.15) is 6.04 Å². The zero-order chi connectivity index (χ0) is 20.8. The Kier molecular flexibility index (Phi) is 5.16. The highest BCUT2D eigenvalue weighted by Crippen LogP contribution is 2.43. The summed E-state index contributed by atoms with van der Waals surface area (Å²) in [5.41, 5.74) is 0. The molecule has 4 saturated heterocycles. The quantitative estimate of drug-likeness (QED) is 0.731. The van der Waals surface area contributed by atoms with Gasteiger partial charge in [-0.1, -0.05) is 19.0 Å². The molecule has 4 aliphatic heterocycles. The minimum Gasteiger partial charge on any atom is -0.378 e. The molecular weight excluding hydrogens is 386 g/mol. The van der Waals surface area contributed by atoms with Gasteiger partial charge in [-0.3, -0.25) is 9.59 Å². The molecule has 1 aromatic rings. The van der Waals surface area contributed by atoms with Crippen LogP contribution in [0.25, 0.3) is 0 Å². The SMILES string of the molecule is CC(C)c1noc(N2C[C@@H]3C[C@H](C2)[C@H](C(=O)N2CCOCC2)N2C(=O)CCC[C@@H]32)n1. The first kappa shape index (κ1) is 19.8. The highest BCUT2D eigenvalue weighted by atomic mass is 16.5. The van der Waals surface area contributed by atoms with Crippen LogP contribution in [0.15, 0.2) is 4.52 Å². The number of anilines is 1. The fourth-order valence-corrected chi connectivity index (χ4v) is 5.69. The molecule has 9 heteroatoms. The third kappa shape index (κ3) is 3.36. The summed E-state index contributed by atoms with van der Waals surface area (Å²) in [6, 6.07) is 0.266. The number of hydrogen-bond donors (Lipinski definition) is 0. The lowest BCUT2D eigenvalue weighted by Gasteiger charge is -2.56. The van der Waals surface area contributed by atoms with E-state index in [0.717, 1.165) is 25.8 Å². The van der Waals surface area contributed by atoms with Crippen LogP contribution in [0.4, 0.5) is 6.01 Å². The van der Waals surface area contributed by atoms with Crippen molar-refractivity contribution in [1.82, 2.24) is 19.9 Å². The Morgan fingerprint density at radius 2 is 1.93 bits per heavy atom. The van der Waals surface area contributed by atoms with Crippen LogP contribution in [-0.4, -0.2) is 83.2 Å². The molecule has 2 bridgehead atoms. The van der Waals surface area contributed by atoms with Gasteiger partial charge in [0.2, 0.25) is 11.8 Å². The van der Waals surface area contributed by atoms with Crippen LogP contribution < -0.4 is 4.90 Å². The molecule has 5 heterocycles. The second-order valence-corrected chi connectivity index (χ2v) is 9.39. The minimum absolute atomic E-state index is 0.0757. The second kappa shape index (κ2) is 7.83. The lowest BCUT2D eigenvalue weighted by molar-refractivity contribution is -0.163. The summed E-state index contributed by atoms with van der Waals surface area (Å²) >= 11 is 0. The van der Waals surface area contributed by atoms with Crippen LogP contribution in [0.3, 0.4) is 0 Å². The lowest BCUT2D eigenvalue weighted by atomic mass is 9.71. The summed E-state index contributed by atoms with van der Waals surface area (Å²) in [5, 5.41) is 4.12. The van der Waals surface area contributed by atoms with Gasteiger partial charge in [-0.15, -0.1) is 0 Å². The molecule has 9 nitrogen and oxygen atoms in total. The Balaban J connectivity index is 1.44. The van der Waals surface area contributed by atoms with E-state index in [2.05, 4.69) is 15.0 Å². The first-order valence-electron chi connectivity index (χ1n) is 11.3. The van der Waals surface area contributed by atoms with E-state index in [1.807, 2.05) is 23.6 Å². The third-order valence-corrected chi connectivity index (χ3v) is 7.14. The van der Waals surface area contributed by atoms with E-state index in [1.165, 1.54) is 0 Å². The molecule has 0 aromatic carbocycles. The van der Waals surface area contributed by atoms with Crippen LogP contribution in [0.2, 0.25) is 0 Å². The van der Waals surface area contributed by atoms with Gasteiger partial charge in [0.05, 0.1) is 13.2 Å². The van der Waals surface area contributed by atoms with Crippen molar-refractivity contribution >= 4 is 17.8 Å². The van der Waals surface area contributed by atoms with Crippen LogP contribution in [0.5, 0.6) is 0 Å². The first-order chi connectivity index (χ1) is 14.5. The largest absolute Gasteiger partial charge is 0.378 e. The van der Waals surface area contributed by atoms with E-state index in [-0.39, 0.29) is 29.7 Å². The number of ether oxygens (including phenoxy) is 1. The fourth-order valence-electron chi connectivity index (χ4n) is 5.69. The summed E-state index contributed by atoms with van der Waals surface area (Å²) in [6.45, 7) is 7.87. The molecule has 1 aromatic heterocycles. The number of morpholine rings is 1. The maximum Gasteiger partial charge on any atom is 0.324 e. The molecule has 4 fully saturated rings. The molecule has 5 rings (SSSR count). The van der Waals surface area contributed by atoms with Crippen molar-refractivity contribution in [3.8, 4) is 0 Å². The predicted octanol–water partition coefficient (Wildman–Crippen LogP) is 1.26. The van der Waals surface area contributed by atoms with Crippen LogP contribution in [0.1, 0.15) is 51.3 Å². The van der Waals surface area contributed by atoms with Gasteiger partial charge in [-0.2, -0.15) is 4.98 Å². The zero-order valence-corrected chi connectivity index (χ0v) is 17.8. The number of fused-ring (bicyclic) bond motifs is 4. The maximum atomic E-state index is 13.6. The average Bonchev–Trinajstić information content (AvgIpc) is 3.26. The van der Waals surface area contributed by atoms with E-state index < -0.39 is 6.04 Å². The average molecular weight is 418 g/mol. The third-order valence-electron chi connectivity index (χ3n) is 7.14. The smallest absolute Gasteiger partial charge is 0.324 e. The Morgan fingerprint density at radius 3 is 2.67 bits per heavy atom. The Hall–Kier alpha value is -2.16. The Labute approximate surface area is 176 Å². The number of aromatic nitrogens is 2. The van der Waals surface area contributed by atoms with Gasteiger partial charge in [0, 0.05) is 50.5 Å². The van der Waals surface area contributed by atoms with Gasteiger partial charge in [-0.05, 0) is 25.2 Å². The molecule has 4 aliphatic rings. The molecule has 30 heavy (non-hydrogen) atoms. The van der Waals surface area contributed by atoms with Gasteiger partial charge in [0.15, 0.2) is 5.82 Å². The zero-order valence-electron chi connectivity index (χ0n) is 17.8. The van der Waals surface area contributed by atoms with Gasteiger partial charge < -0.3 is 24.0 Å². The molecule has 0 aliphatic carbocycles. The maximum absolute atomic E-state index is 13.6. The number of carbonyl (C=O) groups is 2. The van der Waals surface area contributed by atoms with Crippen LogP contribution >= 0.6 is 0 Å². The topological polar surface area (TPSA) is 92.0 Å². The van der Waals surface area contributed by atoms with Crippen molar-refractivity contribution in [1.29, 1.82) is 0 Å². The molecule has 0 N–H and O–H groups in total. The Bertz CT molecular complexity index is 805. The van der Waals surface area contributed by atoms with Crippen molar-refractivity contribution in [3.63, 3.8) is 0 Å². The normalized spacial score (nSPS) is 31.8. The second-order valence-electron chi connectivity index (χ2n) is 9.39. The van der Waals surface area contributed by atoms with E-state index in [4.69, 9.17) is 9.26 Å². The van der Waals surface area contributed by atoms with E-state index >= 15 is 0 Å². The standard InChI is InChI=1S/C21H31N5O4/c1-13(2)19-22-21(30-23-19)25-11-14-10-15(12-25)18(20(28)24-6-8-29-9-7-24)26-16(14)4-3-5-17(26)27/h13-16,18H,3-12H2,1-2H3/t14-,15+,16-,18+/m0/s1. The Morgan fingerprint density at radius 1 is 1.17 bits per heavy atom. The summed E-state index contributed by atoms with van der Waals surface area (Å²) in [4.78, 5) is 37.1. The van der Waals surface area contributed by atoms with Crippen LogP contribution in [0, 0.1) is 11.8 Å². The van der Waals surface area contributed by atoms with E-state index in [1.54, 1.807) is 0 Å². The molecule has 0 radical (unpaired) electrons. The summed E-state index contributed by atoms with van der Waals surface area (Å²) in [5.74, 6) is 1.53.